The van der Waals surface area contributed by atoms with E-state index in [2.05, 4.69) is 6.92 Å². The van der Waals surface area contributed by atoms with Crippen LogP contribution < -0.4 is 0 Å². The van der Waals surface area contributed by atoms with Crippen LogP contribution in [0.3, 0.4) is 0 Å². The van der Waals surface area contributed by atoms with Crippen LogP contribution in [0.15, 0.2) is 0 Å². The molecule has 9 nitrogen and oxygen atoms in total. The zero-order valence-corrected chi connectivity index (χ0v) is 16.7. The van der Waals surface area contributed by atoms with Gasteiger partial charge in [0.15, 0.2) is 0 Å². The van der Waals surface area contributed by atoms with Crippen molar-refractivity contribution in [3.63, 3.8) is 0 Å². The quantitative estimate of drug-likeness (QED) is 0.164. The number of rotatable bonds is 17. The maximum atomic E-state index is 8.74. The average molecular weight is 404 g/mol. The van der Waals surface area contributed by atoms with Crippen LogP contribution in [-0.4, -0.2) is 65.9 Å². The molecule has 4 N–H and O–H groups in total. The van der Waals surface area contributed by atoms with Crippen LogP contribution in [-0.2, 0) is 20.1 Å². The summed E-state index contributed by atoms with van der Waals surface area (Å²) in [4.78, 5) is 10.5. The van der Waals surface area contributed by atoms with Crippen LogP contribution in [0.2, 0.25) is 0 Å². The van der Waals surface area contributed by atoms with Gasteiger partial charge in [-0.1, -0.05) is 69.9 Å². The second-order valence-electron chi connectivity index (χ2n) is 5.80. The molecule has 26 heavy (non-hydrogen) atoms. The van der Waals surface area contributed by atoms with Crippen LogP contribution >= 0.6 is 0 Å². The summed E-state index contributed by atoms with van der Waals surface area (Å²) >= 11 is 0. The molecule has 0 saturated heterocycles. The molecule has 0 aromatic heterocycles. The van der Waals surface area contributed by atoms with Gasteiger partial charge in [0.05, 0.1) is 33.0 Å². The van der Waals surface area contributed by atoms with Crippen LogP contribution in [0.1, 0.15) is 71.1 Å². The summed E-state index contributed by atoms with van der Waals surface area (Å²) in [5, 5.41) is 18.8. The van der Waals surface area contributed by atoms with E-state index < -0.39 is 10.4 Å². The van der Waals surface area contributed by atoms with Crippen molar-refractivity contribution in [2.24, 2.45) is 0 Å². The Balaban J connectivity index is 0. The number of aliphatic hydroxyl groups excluding tert-OH is 2. The lowest BCUT2D eigenvalue weighted by Crippen LogP contribution is -2.28. The van der Waals surface area contributed by atoms with Crippen molar-refractivity contribution in [3.8, 4) is 0 Å². The average Bonchev–Trinajstić information content (AvgIpc) is 2.56. The Labute approximate surface area is 157 Å². The van der Waals surface area contributed by atoms with Gasteiger partial charge in [-0.05, 0) is 6.42 Å². The number of aliphatic hydroxyl groups is 2. The molecular formula is C16H37NO8S. The zero-order chi connectivity index (χ0) is 20.1. The Morgan fingerprint density at radius 2 is 1.08 bits per heavy atom. The summed E-state index contributed by atoms with van der Waals surface area (Å²) in [6.07, 6.45) is 12.9. The summed E-state index contributed by atoms with van der Waals surface area (Å²) < 4.78 is 31.6. The van der Waals surface area contributed by atoms with E-state index in [1.54, 1.807) is 0 Å². The van der Waals surface area contributed by atoms with Crippen molar-refractivity contribution in [2.45, 2.75) is 71.1 Å². The highest BCUT2D eigenvalue weighted by Gasteiger charge is 2.05. The number of hydroxylamine groups is 2. The third-order valence-electron chi connectivity index (χ3n) is 3.35. The molecule has 0 spiro atoms. The van der Waals surface area contributed by atoms with Gasteiger partial charge in [0.1, 0.15) is 0 Å². The Bertz CT molecular complexity index is 351. The van der Waals surface area contributed by atoms with E-state index in [1.807, 2.05) is 0 Å². The molecule has 0 rings (SSSR count). The van der Waals surface area contributed by atoms with Gasteiger partial charge >= 0.3 is 10.4 Å². The first kappa shape index (κ1) is 27.9. The fourth-order valence-electron chi connectivity index (χ4n) is 2.18. The van der Waals surface area contributed by atoms with Gasteiger partial charge in [0.25, 0.3) is 0 Å². The second kappa shape index (κ2) is 21.0. The Hall–Kier alpha value is -0.330. The van der Waals surface area contributed by atoms with E-state index in [0.29, 0.717) is 6.54 Å². The zero-order valence-electron chi connectivity index (χ0n) is 15.9. The lowest BCUT2D eigenvalue weighted by Gasteiger charge is -2.20. The molecule has 0 radical (unpaired) electrons. The van der Waals surface area contributed by atoms with E-state index in [4.69, 9.17) is 37.4 Å². The minimum atomic E-state index is -4.67. The number of hydrogen-bond acceptors (Lipinski definition) is 7. The lowest BCUT2D eigenvalue weighted by atomic mass is 10.1. The maximum Gasteiger partial charge on any atom is 0.394 e. The minimum absolute atomic E-state index is 0.0307. The highest BCUT2D eigenvalue weighted by atomic mass is 32.3. The first-order valence-corrected chi connectivity index (χ1v) is 10.7. The van der Waals surface area contributed by atoms with Crippen LogP contribution in [0.4, 0.5) is 0 Å². The maximum absolute atomic E-state index is 8.74. The van der Waals surface area contributed by atoms with Crippen LogP contribution in [0.5, 0.6) is 0 Å². The van der Waals surface area contributed by atoms with E-state index in [1.165, 1.54) is 56.6 Å². The molecule has 0 aliphatic rings. The third-order valence-corrected chi connectivity index (χ3v) is 3.35. The Morgan fingerprint density at radius 1 is 0.731 bits per heavy atom. The van der Waals surface area contributed by atoms with Gasteiger partial charge < -0.3 is 10.2 Å². The molecule has 0 heterocycles. The summed E-state index contributed by atoms with van der Waals surface area (Å²) in [5.41, 5.74) is 0. The SMILES string of the molecule is CCCCCCCCCCCCN(OCCO)OCCO.O=S(=O)(O)O. The largest absolute Gasteiger partial charge is 0.394 e. The highest BCUT2D eigenvalue weighted by Crippen LogP contribution is 2.11. The molecule has 0 unspecified atom stereocenters. The smallest absolute Gasteiger partial charge is 0.394 e. The lowest BCUT2D eigenvalue weighted by molar-refractivity contribution is -0.371. The summed E-state index contributed by atoms with van der Waals surface area (Å²) in [6.45, 7) is 3.31. The second-order valence-corrected chi connectivity index (χ2v) is 6.70. The molecule has 160 valence electrons. The molecule has 0 amide bonds. The van der Waals surface area contributed by atoms with Gasteiger partial charge in [-0.2, -0.15) is 8.42 Å². The van der Waals surface area contributed by atoms with Gasteiger partial charge in [-0.15, -0.1) is 0 Å². The first-order chi connectivity index (χ1) is 12.3. The molecule has 0 aliphatic heterocycles. The van der Waals surface area contributed by atoms with Gasteiger partial charge in [-0.25, -0.2) is 0 Å². The molecule has 0 aliphatic carbocycles. The van der Waals surface area contributed by atoms with Gasteiger partial charge in [-0.3, -0.25) is 18.8 Å². The van der Waals surface area contributed by atoms with Crippen molar-refractivity contribution < 1.29 is 37.4 Å². The molecule has 10 heteroatoms. The molecule has 0 atom stereocenters. The summed E-state index contributed by atoms with van der Waals surface area (Å²) in [5.74, 6) is 0. The van der Waals surface area contributed by atoms with E-state index >= 15 is 0 Å². The molecule has 0 fully saturated rings. The number of hydrogen-bond donors (Lipinski definition) is 4. The fourth-order valence-corrected chi connectivity index (χ4v) is 2.18. The topological polar surface area (TPSA) is 137 Å². The normalized spacial score (nSPS) is 11.5. The molecule has 0 bridgehead atoms. The van der Waals surface area contributed by atoms with Crippen molar-refractivity contribution in [1.29, 1.82) is 0 Å². The number of unbranched alkanes of at least 4 members (excludes halogenated alkanes) is 9. The predicted molar refractivity (Wildman–Crippen MR) is 98.8 cm³/mol. The van der Waals surface area contributed by atoms with Gasteiger partial charge in [0, 0.05) is 0 Å². The van der Waals surface area contributed by atoms with Crippen LogP contribution in [0.25, 0.3) is 0 Å². The standard InChI is InChI=1S/C16H35NO4.H2O4S/c1-2-3-4-5-6-7-8-9-10-11-12-17(20-15-13-18)21-16-14-19;1-5(2,3)4/h18-19H,2-16H2,1H3;(H2,1,2,3,4). The van der Waals surface area contributed by atoms with E-state index in [-0.39, 0.29) is 26.4 Å². The first-order valence-electron chi connectivity index (χ1n) is 9.30. The van der Waals surface area contributed by atoms with E-state index in [0.717, 1.165) is 12.8 Å². The Morgan fingerprint density at radius 3 is 1.42 bits per heavy atom. The highest BCUT2D eigenvalue weighted by molar-refractivity contribution is 7.79. The molecule has 0 aromatic rings. The van der Waals surface area contributed by atoms with Crippen molar-refractivity contribution in [2.75, 3.05) is 33.0 Å². The monoisotopic (exact) mass is 403 g/mol. The molecular weight excluding hydrogens is 366 g/mol. The Kier molecular flexibility index (Phi) is 22.5. The summed E-state index contributed by atoms with van der Waals surface area (Å²) in [6, 6.07) is 0. The van der Waals surface area contributed by atoms with Crippen molar-refractivity contribution in [1.82, 2.24) is 5.23 Å². The van der Waals surface area contributed by atoms with Crippen molar-refractivity contribution in [3.05, 3.63) is 0 Å². The number of nitrogens with zero attached hydrogens (tertiary/aromatic N) is 1. The summed E-state index contributed by atoms with van der Waals surface area (Å²) in [7, 11) is -4.67. The van der Waals surface area contributed by atoms with Crippen LogP contribution in [0, 0.1) is 0 Å². The fraction of sp³-hybridized carbons (Fsp3) is 1.00. The minimum Gasteiger partial charge on any atom is -0.394 e. The predicted octanol–water partition coefficient (Wildman–Crippen LogP) is 2.40. The molecule has 0 aromatic carbocycles. The molecule has 0 saturated carbocycles. The van der Waals surface area contributed by atoms with Crippen molar-refractivity contribution >= 4 is 10.4 Å². The van der Waals surface area contributed by atoms with Gasteiger partial charge in [0.2, 0.25) is 0 Å². The third kappa shape index (κ3) is 31.4. The van der Waals surface area contributed by atoms with E-state index in [9.17, 15) is 0 Å².